The lowest BCUT2D eigenvalue weighted by Gasteiger charge is -2.13. The summed E-state index contributed by atoms with van der Waals surface area (Å²) in [6.45, 7) is 0. The van der Waals surface area contributed by atoms with Gasteiger partial charge >= 0.3 is 0 Å². The molecular formula is C19H14N2O2. The number of aromatic nitrogens is 1. The molecule has 0 N–H and O–H groups in total. The van der Waals surface area contributed by atoms with Crippen LogP contribution in [0.15, 0.2) is 66.9 Å². The highest BCUT2D eigenvalue weighted by Gasteiger charge is 2.14. The number of pyridine rings is 1. The maximum Gasteiger partial charge on any atom is 0.221 e. The minimum atomic E-state index is 0.487. The number of hydrogen-bond acceptors (Lipinski definition) is 4. The number of hydrogen-bond donors (Lipinski definition) is 0. The number of methoxy groups -OCH3 is 1. The smallest absolute Gasteiger partial charge is 0.221 e. The maximum absolute atomic E-state index is 9.18. The molecule has 0 saturated carbocycles. The summed E-state index contributed by atoms with van der Waals surface area (Å²) in [5.74, 6) is 1.85. The van der Waals surface area contributed by atoms with Crippen molar-refractivity contribution in [2.45, 2.75) is 0 Å². The summed E-state index contributed by atoms with van der Waals surface area (Å²) < 4.78 is 11.3. The summed E-state index contributed by atoms with van der Waals surface area (Å²) in [5.41, 5.74) is 2.09. The van der Waals surface area contributed by atoms with Crippen molar-refractivity contribution in [1.82, 2.24) is 4.98 Å². The van der Waals surface area contributed by atoms with Crippen molar-refractivity contribution >= 4 is 0 Å². The number of nitrogens with zero attached hydrogens (tertiary/aromatic N) is 2. The molecular weight excluding hydrogens is 288 g/mol. The molecule has 0 amide bonds. The second-order valence-electron chi connectivity index (χ2n) is 4.80. The molecule has 0 spiro atoms. The Hall–Kier alpha value is -3.32. The SMILES string of the molecule is COc1ncccc1-c1cc(C#N)ccc1Oc1ccccc1. The van der Waals surface area contributed by atoms with Gasteiger partial charge in [0.15, 0.2) is 0 Å². The third kappa shape index (κ3) is 3.14. The first-order valence-electron chi connectivity index (χ1n) is 7.08. The predicted octanol–water partition coefficient (Wildman–Crippen LogP) is 4.42. The first-order valence-corrected chi connectivity index (χ1v) is 7.08. The molecule has 4 nitrogen and oxygen atoms in total. The normalized spacial score (nSPS) is 9.91. The molecule has 4 heteroatoms. The lowest BCUT2D eigenvalue weighted by Crippen LogP contribution is -1.94. The van der Waals surface area contributed by atoms with Crippen molar-refractivity contribution in [3.8, 4) is 34.6 Å². The number of ether oxygens (including phenoxy) is 2. The molecule has 23 heavy (non-hydrogen) atoms. The van der Waals surface area contributed by atoms with E-state index in [9.17, 15) is 5.26 Å². The lowest BCUT2D eigenvalue weighted by atomic mass is 10.0. The van der Waals surface area contributed by atoms with Crippen LogP contribution in [0.4, 0.5) is 0 Å². The predicted molar refractivity (Wildman–Crippen MR) is 87.5 cm³/mol. The maximum atomic E-state index is 9.18. The molecule has 0 atom stereocenters. The third-order valence-electron chi connectivity index (χ3n) is 3.33. The molecule has 0 radical (unpaired) electrons. The molecule has 1 heterocycles. The third-order valence-corrected chi connectivity index (χ3v) is 3.33. The van der Waals surface area contributed by atoms with Gasteiger partial charge in [-0.2, -0.15) is 5.26 Å². The Bertz CT molecular complexity index is 855. The van der Waals surface area contributed by atoms with Crippen molar-refractivity contribution in [1.29, 1.82) is 5.26 Å². The average molecular weight is 302 g/mol. The molecule has 0 aliphatic carbocycles. The highest BCUT2D eigenvalue weighted by atomic mass is 16.5. The van der Waals surface area contributed by atoms with Crippen LogP contribution in [0, 0.1) is 11.3 Å². The molecule has 0 bridgehead atoms. The van der Waals surface area contributed by atoms with Crippen LogP contribution in [0.3, 0.4) is 0 Å². The average Bonchev–Trinajstić information content (AvgIpc) is 2.63. The van der Waals surface area contributed by atoms with Crippen molar-refractivity contribution < 1.29 is 9.47 Å². The second kappa shape index (κ2) is 6.63. The minimum absolute atomic E-state index is 0.487. The molecule has 0 aliphatic rings. The summed E-state index contributed by atoms with van der Waals surface area (Å²) in [4.78, 5) is 4.22. The zero-order valence-electron chi connectivity index (χ0n) is 12.6. The van der Waals surface area contributed by atoms with Crippen LogP contribution in [0.1, 0.15) is 5.56 Å². The van der Waals surface area contributed by atoms with E-state index in [2.05, 4.69) is 11.1 Å². The van der Waals surface area contributed by atoms with Crippen LogP contribution in [-0.2, 0) is 0 Å². The van der Waals surface area contributed by atoms with Crippen LogP contribution in [-0.4, -0.2) is 12.1 Å². The quantitative estimate of drug-likeness (QED) is 0.715. The Labute approximate surface area is 134 Å². The number of benzene rings is 2. The van der Waals surface area contributed by atoms with E-state index >= 15 is 0 Å². The number of nitriles is 1. The van der Waals surface area contributed by atoms with Crippen LogP contribution in [0.2, 0.25) is 0 Å². The van der Waals surface area contributed by atoms with Gasteiger partial charge in [0, 0.05) is 17.3 Å². The number of para-hydroxylation sites is 1. The van der Waals surface area contributed by atoms with Crippen molar-refractivity contribution in [2.75, 3.05) is 7.11 Å². The molecule has 0 saturated heterocycles. The van der Waals surface area contributed by atoms with Gasteiger partial charge in [-0.1, -0.05) is 18.2 Å². The van der Waals surface area contributed by atoms with Gasteiger partial charge in [0.05, 0.1) is 18.7 Å². The Morgan fingerprint density at radius 3 is 2.52 bits per heavy atom. The van der Waals surface area contributed by atoms with Gasteiger partial charge in [0.2, 0.25) is 5.88 Å². The first kappa shape index (κ1) is 14.6. The number of rotatable bonds is 4. The molecule has 0 fully saturated rings. The van der Waals surface area contributed by atoms with Gasteiger partial charge in [0.1, 0.15) is 11.5 Å². The summed E-state index contributed by atoms with van der Waals surface area (Å²) in [6, 6.07) is 20.6. The van der Waals surface area contributed by atoms with E-state index in [0.29, 0.717) is 17.2 Å². The Kier molecular flexibility index (Phi) is 4.21. The fraction of sp³-hybridized carbons (Fsp3) is 0.0526. The molecule has 2 aromatic carbocycles. The lowest BCUT2D eigenvalue weighted by molar-refractivity contribution is 0.399. The van der Waals surface area contributed by atoms with Gasteiger partial charge < -0.3 is 9.47 Å². The van der Waals surface area contributed by atoms with E-state index in [1.807, 2.05) is 42.5 Å². The van der Waals surface area contributed by atoms with Crippen LogP contribution in [0.25, 0.3) is 11.1 Å². The molecule has 112 valence electrons. The van der Waals surface area contributed by atoms with E-state index in [-0.39, 0.29) is 0 Å². The zero-order valence-corrected chi connectivity index (χ0v) is 12.6. The van der Waals surface area contributed by atoms with Gasteiger partial charge in [-0.05, 0) is 42.5 Å². The van der Waals surface area contributed by atoms with Crippen LogP contribution in [0.5, 0.6) is 17.4 Å². The summed E-state index contributed by atoms with van der Waals surface area (Å²) >= 11 is 0. The minimum Gasteiger partial charge on any atom is -0.481 e. The van der Waals surface area contributed by atoms with E-state index < -0.39 is 0 Å². The highest BCUT2D eigenvalue weighted by molar-refractivity contribution is 5.76. The first-order chi connectivity index (χ1) is 11.3. The standard InChI is InChI=1S/C19H14N2O2/c1-22-19-16(8-5-11-21-19)17-12-14(13-20)9-10-18(17)23-15-6-3-2-4-7-15/h2-12H,1H3. The second-order valence-corrected chi connectivity index (χ2v) is 4.80. The van der Waals surface area contributed by atoms with Gasteiger partial charge in [-0.25, -0.2) is 4.98 Å². The topological polar surface area (TPSA) is 55.1 Å². The highest BCUT2D eigenvalue weighted by Crippen LogP contribution is 2.37. The van der Waals surface area contributed by atoms with Crippen LogP contribution < -0.4 is 9.47 Å². The van der Waals surface area contributed by atoms with Gasteiger partial charge in [-0.15, -0.1) is 0 Å². The summed E-state index contributed by atoms with van der Waals surface area (Å²) in [6.07, 6.45) is 1.66. The largest absolute Gasteiger partial charge is 0.481 e. The Morgan fingerprint density at radius 1 is 0.957 bits per heavy atom. The summed E-state index contributed by atoms with van der Waals surface area (Å²) in [5, 5.41) is 9.18. The Morgan fingerprint density at radius 2 is 1.78 bits per heavy atom. The molecule has 1 aromatic heterocycles. The van der Waals surface area contributed by atoms with Gasteiger partial charge in [-0.3, -0.25) is 0 Å². The van der Waals surface area contributed by atoms with Crippen molar-refractivity contribution in [3.05, 3.63) is 72.4 Å². The monoisotopic (exact) mass is 302 g/mol. The Balaban J connectivity index is 2.12. The van der Waals surface area contributed by atoms with Crippen molar-refractivity contribution in [2.24, 2.45) is 0 Å². The van der Waals surface area contributed by atoms with Crippen molar-refractivity contribution in [3.63, 3.8) is 0 Å². The zero-order chi connectivity index (χ0) is 16.1. The fourth-order valence-electron chi connectivity index (χ4n) is 2.27. The van der Waals surface area contributed by atoms with E-state index in [0.717, 1.165) is 16.9 Å². The summed E-state index contributed by atoms with van der Waals surface area (Å²) in [7, 11) is 1.57. The molecule has 3 aromatic rings. The fourth-order valence-corrected chi connectivity index (χ4v) is 2.27. The van der Waals surface area contributed by atoms with E-state index in [4.69, 9.17) is 9.47 Å². The molecule has 0 unspecified atom stereocenters. The van der Waals surface area contributed by atoms with Crippen LogP contribution >= 0.6 is 0 Å². The molecule has 3 rings (SSSR count). The van der Waals surface area contributed by atoms with E-state index in [1.54, 1.807) is 31.5 Å². The van der Waals surface area contributed by atoms with Gasteiger partial charge in [0.25, 0.3) is 0 Å². The van der Waals surface area contributed by atoms with E-state index in [1.165, 1.54) is 0 Å². The molecule has 0 aliphatic heterocycles.